The largest absolute Gasteiger partial charge is 0.392 e. The van der Waals surface area contributed by atoms with Gasteiger partial charge in [-0.2, -0.15) is 5.10 Å². The predicted molar refractivity (Wildman–Crippen MR) is 71.4 cm³/mol. The fourth-order valence-corrected chi connectivity index (χ4v) is 2.32. The number of nitrogens with zero attached hydrogens (tertiary/aromatic N) is 2. The number of hydrogen-bond donors (Lipinski definition) is 1. The van der Waals surface area contributed by atoms with Crippen LogP contribution in [-0.4, -0.2) is 21.0 Å². The lowest BCUT2D eigenvalue weighted by Crippen LogP contribution is -2.22. The van der Waals surface area contributed by atoms with E-state index in [1.54, 1.807) is 0 Å². The summed E-state index contributed by atoms with van der Waals surface area (Å²) in [5, 5.41) is 15.2. The molecule has 1 N–H and O–H groups in total. The zero-order valence-corrected chi connectivity index (χ0v) is 12.0. The second kappa shape index (κ2) is 6.41. The molecule has 2 atom stereocenters. The zero-order chi connectivity index (χ0) is 13.0. The first-order valence-corrected chi connectivity index (χ1v) is 6.78. The van der Waals surface area contributed by atoms with E-state index in [-0.39, 0.29) is 6.10 Å². The number of aliphatic hydroxyl groups excluding tert-OH is 1. The summed E-state index contributed by atoms with van der Waals surface area (Å²) in [6, 6.07) is 0. The standard InChI is InChI=1S/C13H23ClN2O/c1-5-7-9(3)12(17)8-11-13(14)10(4)15-16(11)6-2/h9,12,17H,5-8H2,1-4H3. The smallest absolute Gasteiger partial charge is 0.0848 e. The molecule has 1 heterocycles. The Bertz CT molecular complexity index is 363. The monoisotopic (exact) mass is 258 g/mol. The van der Waals surface area contributed by atoms with Gasteiger partial charge in [0.1, 0.15) is 0 Å². The second-order valence-corrected chi connectivity index (χ2v) is 5.08. The van der Waals surface area contributed by atoms with Crippen LogP contribution in [-0.2, 0) is 13.0 Å². The maximum absolute atomic E-state index is 10.2. The number of aliphatic hydroxyl groups is 1. The predicted octanol–water partition coefficient (Wildman–Crippen LogP) is 3.20. The van der Waals surface area contributed by atoms with Gasteiger partial charge < -0.3 is 5.11 Å². The fraction of sp³-hybridized carbons (Fsp3) is 0.769. The van der Waals surface area contributed by atoms with Crippen molar-refractivity contribution < 1.29 is 5.11 Å². The Kier molecular flexibility index (Phi) is 5.47. The van der Waals surface area contributed by atoms with Crippen molar-refractivity contribution in [2.45, 2.75) is 59.6 Å². The quantitative estimate of drug-likeness (QED) is 0.851. The number of halogens is 1. The third-order valence-electron chi connectivity index (χ3n) is 3.26. The van der Waals surface area contributed by atoms with Crippen LogP contribution in [0.15, 0.2) is 0 Å². The van der Waals surface area contributed by atoms with Gasteiger partial charge in [-0.25, -0.2) is 0 Å². The fourth-order valence-electron chi connectivity index (χ4n) is 2.11. The lowest BCUT2D eigenvalue weighted by Gasteiger charge is -2.18. The van der Waals surface area contributed by atoms with Gasteiger partial charge in [0, 0.05) is 13.0 Å². The van der Waals surface area contributed by atoms with E-state index in [0.717, 1.165) is 30.8 Å². The Morgan fingerprint density at radius 3 is 2.59 bits per heavy atom. The minimum absolute atomic E-state index is 0.302. The van der Waals surface area contributed by atoms with Crippen LogP contribution in [0.3, 0.4) is 0 Å². The van der Waals surface area contributed by atoms with Crippen LogP contribution in [0.25, 0.3) is 0 Å². The van der Waals surface area contributed by atoms with E-state index in [1.165, 1.54) is 0 Å². The number of aryl methyl sites for hydroxylation is 2. The maximum atomic E-state index is 10.2. The average Bonchev–Trinajstić information content (AvgIpc) is 2.57. The lowest BCUT2D eigenvalue weighted by molar-refractivity contribution is 0.109. The molecule has 0 amide bonds. The molecule has 0 spiro atoms. The molecule has 1 rings (SSSR count). The van der Waals surface area contributed by atoms with Gasteiger partial charge in [-0.3, -0.25) is 4.68 Å². The van der Waals surface area contributed by atoms with Gasteiger partial charge in [0.15, 0.2) is 0 Å². The molecule has 0 aromatic carbocycles. The van der Waals surface area contributed by atoms with E-state index in [0.29, 0.717) is 17.4 Å². The SMILES string of the molecule is CCCC(C)C(O)Cc1c(Cl)c(C)nn1CC. The van der Waals surface area contributed by atoms with Crippen LogP contribution in [0.2, 0.25) is 5.02 Å². The lowest BCUT2D eigenvalue weighted by atomic mass is 9.96. The summed E-state index contributed by atoms with van der Waals surface area (Å²) < 4.78 is 1.89. The first-order chi connectivity index (χ1) is 8.01. The van der Waals surface area contributed by atoms with E-state index < -0.39 is 0 Å². The Balaban J connectivity index is 2.80. The van der Waals surface area contributed by atoms with Gasteiger partial charge in [-0.05, 0) is 26.2 Å². The highest BCUT2D eigenvalue weighted by molar-refractivity contribution is 6.31. The molecule has 0 fully saturated rings. The van der Waals surface area contributed by atoms with Gasteiger partial charge in [0.2, 0.25) is 0 Å². The van der Waals surface area contributed by atoms with Crippen LogP contribution < -0.4 is 0 Å². The second-order valence-electron chi connectivity index (χ2n) is 4.70. The summed E-state index contributed by atoms with van der Waals surface area (Å²) in [5.41, 5.74) is 1.81. The molecule has 98 valence electrons. The van der Waals surface area contributed by atoms with E-state index in [4.69, 9.17) is 11.6 Å². The summed E-state index contributed by atoms with van der Waals surface area (Å²) in [6.07, 6.45) is 2.39. The summed E-state index contributed by atoms with van der Waals surface area (Å²) >= 11 is 6.22. The van der Waals surface area contributed by atoms with Crippen molar-refractivity contribution in [3.8, 4) is 0 Å². The van der Waals surface area contributed by atoms with E-state index >= 15 is 0 Å². The number of rotatable bonds is 6. The van der Waals surface area contributed by atoms with Gasteiger partial charge >= 0.3 is 0 Å². The molecule has 0 radical (unpaired) electrons. The third-order valence-corrected chi connectivity index (χ3v) is 3.75. The van der Waals surface area contributed by atoms with Crippen molar-refractivity contribution in [1.82, 2.24) is 9.78 Å². The van der Waals surface area contributed by atoms with Crippen molar-refractivity contribution in [2.75, 3.05) is 0 Å². The molecule has 2 unspecified atom stereocenters. The van der Waals surface area contributed by atoms with Gasteiger partial charge in [0.05, 0.1) is 22.5 Å². The Hall–Kier alpha value is -0.540. The summed E-state index contributed by atoms with van der Waals surface area (Å²) in [4.78, 5) is 0. The van der Waals surface area contributed by atoms with Crippen molar-refractivity contribution in [3.63, 3.8) is 0 Å². The molecule has 0 saturated carbocycles. The molecule has 0 aliphatic rings. The van der Waals surface area contributed by atoms with Crippen molar-refractivity contribution in [2.24, 2.45) is 5.92 Å². The average molecular weight is 259 g/mol. The van der Waals surface area contributed by atoms with Crippen LogP contribution in [0, 0.1) is 12.8 Å². The first-order valence-electron chi connectivity index (χ1n) is 6.41. The van der Waals surface area contributed by atoms with Crippen molar-refractivity contribution >= 4 is 11.6 Å². The van der Waals surface area contributed by atoms with Gasteiger partial charge in [0.25, 0.3) is 0 Å². The van der Waals surface area contributed by atoms with Crippen molar-refractivity contribution in [1.29, 1.82) is 0 Å². The molecular formula is C13H23ClN2O. The molecule has 0 saturated heterocycles. The molecule has 0 aliphatic carbocycles. The van der Waals surface area contributed by atoms with Gasteiger partial charge in [-0.1, -0.05) is 31.9 Å². The van der Waals surface area contributed by atoms with E-state index in [2.05, 4.69) is 18.9 Å². The molecule has 1 aromatic rings. The highest BCUT2D eigenvalue weighted by atomic mass is 35.5. The third kappa shape index (κ3) is 3.46. The zero-order valence-electron chi connectivity index (χ0n) is 11.2. The molecule has 0 aliphatic heterocycles. The number of aromatic nitrogens is 2. The van der Waals surface area contributed by atoms with Crippen LogP contribution in [0.5, 0.6) is 0 Å². The summed E-state index contributed by atoms with van der Waals surface area (Å²) in [7, 11) is 0. The molecule has 0 bridgehead atoms. The van der Waals surface area contributed by atoms with Crippen LogP contribution in [0.1, 0.15) is 45.0 Å². The first kappa shape index (κ1) is 14.5. The highest BCUT2D eigenvalue weighted by Crippen LogP contribution is 2.24. The summed E-state index contributed by atoms with van der Waals surface area (Å²) in [6.45, 7) is 8.95. The molecular weight excluding hydrogens is 236 g/mol. The Labute approximate surface area is 109 Å². The summed E-state index contributed by atoms with van der Waals surface area (Å²) in [5.74, 6) is 0.302. The highest BCUT2D eigenvalue weighted by Gasteiger charge is 2.20. The normalized spacial score (nSPS) is 14.9. The Morgan fingerprint density at radius 2 is 2.06 bits per heavy atom. The van der Waals surface area contributed by atoms with E-state index in [9.17, 15) is 5.11 Å². The molecule has 3 nitrogen and oxygen atoms in total. The Morgan fingerprint density at radius 1 is 1.41 bits per heavy atom. The minimum atomic E-state index is -0.339. The van der Waals surface area contributed by atoms with E-state index in [1.807, 2.05) is 18.5 Å². The van der Waals surface area contributed by atoms with Crippen molar-refractivity contribution in [3.05, 3.63) is 16.4 Å². The molecule has 17 heavy (non-hydrogen) atoms. The van der Waals surface area contributed by atoms with Crippen LogP contribution in [0.4, 0.5) is 0 Å². The van der Waals surface area contributed by atoms with Crippen LogP contribution >= 0.6 is 11.6 Å². The molecule has 1 aromatic heterocycles. The molecule has 4 heteroatoms. The van der Waals surface area contributed by atoms with Gasteiger partial charge in [-0.15, -0.1) is 0 Å². The topological polar surface area (TPSA) is 38.1 Å². The number of hydrogen-bond acceptors (Lipinski definition) is 2. The maximum Gasteiger partial charge on any atom is 0.0848 e. The minimum Gasteiger partial charge on any atom is -0.392 e.